The number of benzene rings is 2. The van der Waals surface area contributed by atoms with E-state index in [4.69, 9.17) is 9.47 Å². The standard InChI is InChI=1S/C19H23NO2/c1-3-4-17(20-16-8-5-14(2)6-9-16)11-15-7-10-18-19(12-15)22-13-21-18/h5-10,12,17,20H,3-4,11,13H2,1-2H3. The smallest absolute Gasteiger partial charge is 0.231 e. The van der Waals surface area contributed by atoms with Crippen molar-refractivity contribution in [1.82, 2.24) is 0 Å². The SMILES string of the molecule is CCCC(Cc1ccc2c(c1)OCO2)Nc1ccc(C)cc1. The normalized spacial score (nSPS) is 13.9. The van der Waals surface area contributed by atoms with Gasteiger partial charge in [-0.05, 0) is 49.6 Å². The highest BCUT2D eigenvalue weighted by atomic mass is 16.7. The van der Waals surface area contributed by atoms with E-state index in [1.54, 1.807) is 0 Å². The molecule has 1 N–H and O–H groups in total. The lowest BCUT2D eigenvalue weighted by Crippen LogP contribution is -2.22. The zero-order valence-electron chi connectivity index (χ0n) is 13.3. The van der Waals surface area contributed by atoms with E-state index in [0.717, 1.165) is 30.8 Å². The molecular weight excluding hydrogens is 274 g/mol. The lowest BCUT2D eigenvalue weighted by atomic mass is 10.0. The van der Waals surface area contributed by atoms with Gasteiger partial charge in [-0.3, -0.25) is 0 Å². The molecule has 1 aliphatic rings. The predicted octanol–water partition coefficient (Wildman–Crippen LogP) is 4.55. The third-order valence-electron chi connectivity index (χ3n) is 3.98. The Morgan fingerprint density at radius 2 is 1.82 bits per heavy atom. The average Bonchev–Trinajstić information content (AvgIpc) is 2.97. The fraction of sp³-hybridized carbons (Fsp3) is 0.368. The van der Waals surface area contributed by atoms with Gasteiger partial charge in [-0.1, -0.05) is 37.1 Å². The molecule has 0 radical (unpaired) electrons. The van der Waals surface area contributed by atoms with E-state index in [1.165, 1.54) is 16.8 Å². The molecule has 0 spiro atoms. The van der Waals surface area contributed by atoms with Crippen LogP contribution in [0, 0.1) is 6.92 Å². The van der Waals surface area contributed by atoms with Crippen molar-refractivity contribution in [3.63, 3.8) is 0 Å². The van der Waals surface area contributed by atoms with Crippen LogP contribution in [0.5, 0.6) is 11.5 Å². The number of ether oxygens (including phenoxy) is 2. The molecule has 0 saturated carbocycles. The van der Waals surface area contributed by atoms with Crippen molar-refractivity contribution in [2.75, 3.05) is 12.1 Å². The highest BCUT2D eigenvalue weighted by Crippen LogP contribution is 2.33. The summed E-state index contributed by atoms with van der Waals surface area (Å²) < 4.78 is 10.8. The fourth-order valence-corrected chi connectivity index (χ4v) is 2.81. The van der Waals surface area contributed by atoms with Crippen molar-refractivity contribution in [2.24, 2.45) is 0 Å². The summed E-state index contributed by atoms with van der Waals surface area (Å²) in [7, 11) is 0. The van der Waals surface area contributed by atoms with Crippen LogP contribution in [0.3, 0.4) is 0 Å². The summed E-state index contributed by atoms with van der Waals surface area (Å²) in [4.78, 5) is 0. The van der Waals surface area contributed by atoms with Crippen LogP contribution in [0.1, 0.15) is 30.9 Å². The molecule has 2 aromatic rings. The van der Waals surface area contributed by atoms with Crippen LogP contribution >= 0.6 is 0 Å². The summed E-state index contributed by atoms with van der Waals surface area (Å²) >= 11 is 0. The lowest BCUT2D eigenvalue weighted by Gasteiger charge is -2.20. The molecule has 0 fully saturated rings. The summed E-state index contributed by atoms with van der Waals surface area (Å²) in [5, 5.41) is 3.65. The summed E-state index contributed by atoms with van der Waals surface area (Å²) in [6.45, 7) is 4.67. The molecule has 116 valence electrons. The van der Waals surface area contributed by atoms with Crippen molar-refractivity contribution in [3.05, 3.63) is 53.6 Å². The van der Waals surface area contributed by atoms with Crippen molar-refractivity contribution in [1.29, 1.82) is 0 Å². The first-order valence-corrected chi connectivity index (χ1v) is 7.96. The Bertz CT molecular complexity index is 622. The number of rotatable bonds is 6. The van der Waals surface area contributed by atoms with Gasteiger partial charge in [0, 0.05) is 11.7 Å². The van der Waals surface area contributed by atoms with Gasteiger partial charge in [0.25, 0.3) is 0 Å². The first kappa shape index (κ1) is 14.8. The van der Waals surface area contributed by atoms with Crippen LogP contribution in [-0.4, -0.2) is 12.8 Å². The number of hydrogen-bond acceptors (Lipinski definition) is 3. The van der Waals surface area contributed by atoms with Crippen LogP contribution in [0.4, 0.5) is 5.69 Å². The molecule has 3 rings (SSSR count). The maximum atomic E-state index is 5.47. The second-order valence-corrected chi connectivity index (χ2v) is 5.89. The predicted molar refractivity (Wildman–Crippen MR) is 89.8 cm³/mol. The zero-order chi connectivity index (χ0) is 15.4. The van der Waals surface area contributed by atoms with E-state index < -0.39 is 0 Å². The second kappa shape index (κ2) is 6.73. The molecule has 0 bridgehead atoms. The number of aryl methyl sites for hydroxylation is 1. The van der Waals surface area contributed by atoms with Crippen LogP contribution in [0.2, 0.25) is 0 Å². The first-order valence-electron chi connectivity index (χ1n) is 7.96. The van der Waals surface area contributed by atoms with Crippen LogP contribution in [0.15, 0.2) is 42.5 Å². The fourth-order valence-electron chi connectivity index (χ4n) is 2.81. The van der Waals surface area contributed by atoms with Gasteiger partial charge in [0.1, 0.15) is 0 Å². The largest absolute Gasteiger partial charge is 0.454 e. The molecule has 3 heteroatoms. The molecule has 0 aromatic heterocycles. The van der Waals surface area contributed by atoms with E-state index in [1.807, 2.05) is 6.07 Å². The third-order valence-corrected chi connectivity index (χ3v) is 3.98. The monoisotopic (exact) mass is 297 g/mol. The maximum absolute atomic E-state index is 5.47. The van der Waals surface area contributed by atoms with Crippen molar-refractivity contribution in [3.8, 4) is 11.5 Å². The van der Waals surface area contributed by atoms with E-state index in [-0.39, 0.29) is 0 Å². The van der Waals surface area contributed by atoms with Gasteiger partial charge < -0.3 is 14.8 Å². The topological polar surface area (TPSA) is 30.5 Å². The molecule has 1 heterocycles. The Morgan fingerprint density at radius 3 is 2.59 bits per heavy atom. The second-order valence-electron chi connectivity index (χ2n) is 5.89. The van der Waals surface area contributed by atoms with Gasteiger partial charge in [0.05, 0.1) is 0 Å². The summed E-state index contributed by atoms with van der Waals surface area (Å²) in [5.41, 5.74) is 3.75. The van der Waals surface area contributed by atoms with E-state index in [2.05, 4.69) is 55.6 Å². The number of anilines is 1. The van der Waals surface area contributed by atoms with E-state index in [9.17, 15) is 0 Å². The van der Waals surface area contributed by atoms with Crippen LogP contribution in [0.25, 0.3) is 0 Å². The Morgan fingerprint density at radius 1 is 1.05 bits per heavy atom. The van der Waals surface area contributed by atoms with Gasteiger partial charge >= 0.3 is 0 Å². The molecule has 0 amide bonds. The van der Waals surface area contributed by atoms with Gasteiger partial charge in [-0.25, -0.2) is 0 Å². The lowest BCUT2D eigenvalue weighted by molar-refractivity contribution is 0.174. The third kappa shape index (κ3) is 3.53. The average molecular weight is 297 g/mol. The summed E-state index contributed by atoms with van der Waals surface area (Å²) in [6.07, 6.45) is 3.29. The van der Waals surface area contributed by atoms with Crippen molar-refractivity contribution >= 4 is 5.69 Å². The minimum Gasteiger partial charge on any atom is -0.454 e. The quantitative estimate of drug-likeness (QED) is 0.848. The highest BCUT2D eigenvalue weighted by molar-refractivity contribution is 5.47. The van der Waals surface area contributed by atoms with Gasteiger partial charge in [-0.2, -0.15) is 0 Å². The zero-order valence-corrected chi connectivity index (χ0v) is 13.3. The highest BCUT2D eigenvalue weighted by Gasteiger charge is 2.15. The molecule has 1 atom stereocenters. The number of fused-ring (bicyclic) bond motifs is 1. The molecule has 1 unspecified atom stereocenters. The number of hydrogen-bond donors (Lipinski definition) is 1. The molecule has 1 aliphatic heterocycles. The van der Waals surface area contributed by atoms with Gasteiger partial charge in [0.2, 0.25) is 6.79 Å². The Balaban J connectivity index is 1.69. The molecule has 3 nitrogen and oxygen atoms in total. The van der Waals surface area contributed by atoms with Crippen LogP contribution < -0.4 is 14.8 Å². The molecule has 22 heavy (non-hydrogen) atoms. The minimum absolute atomic E-state index is 0.332. The van der Waals surface area contributed by atoms with Crippen LogP contribution in [-0.2, 0) is 6.42 Å². The summed E-state index contributed by atoms with van der Waals surface area (Å²) in [6, 6.07) is 15.3. The summed E-state index contributed by atoms with van der Waals surface area (Å²) in [5.74, 6) is 1.71. The Hall–Kier alpha value is -2.16. The number of nitrogens with one attached hydrogen (secondary N) is 1. The molecule has 0 aliphatic carbocycles. The first-order chi connectivity index (χ1) is 10.7. The Kier molecular flexibility index (Phi) is 4.52. The van der Waals surface area contributed by atoms with Gasteiger partial charge in [-0.15, -0.1) is 0 Å². The maximum Gasteiger partial charge on any atom is 0.231 e. The molecule has 2 aromatic carbocycles. The van der Waals surface area contributed by atoms with E-state index in [0.29, 0.717) is 12.8 Å². The molecule has 0 saturated heterocycles. The van der Waals surface area contributed by atoms with Crippen molar-refractivity contribution in [2.45, 2.75) is 39.2 Å². The minimum atomic E-state index is 0.332. The van der Waals surface area contributed by atoms with E-state index >= 15 is 0 Å². The molecular formula is C19H23NO2. The van der Waals surface area contributed by atoms with Gasteiger partial charge in [0.15, 0.2) is 11.5 Å². The van der Waals surface area contributed by atoms with Crippen molar-refractivity contribution < 1.29 is 9.47 Å². The Labute approximate surface area is 132 Å².